The normalized spacial score (nSPS) is 45.9. The topological polar surface area (TPSA) is 189 Å². The van der Waals surface area contributed by atoms with Crippen LogP contribution in [0.3, 0.4) is 0 Å². The van der Waals surface area contributed by atoms with E-state index in [0.717, 1.165) is 32.1 Å². The molecule has 0 aromatic heterocycles. The summed E-state index contributed by atoms with van der Waals surface area (Å²) in [5, 5.41) is 53.8. The van der Waals surface area contributed by atoms with Gasteiger partial charge in [0.05, 0.1) is 18.3 Å². The minimum atomic E-state index is -1.53. The monoisotopic (exact) mass is 720 g/mol. The van der Waals surface area contributed by atoms with Gasteiger partial charge in [-0.2, -0.15) is 0 Å². The first-order chi connectivity index (χ1) is 23.5. The zero-order valence-corrected chi connectivity index (χ0v) is 31.7. The lowest BCUT2D eigenvalue weighted by Crippen LogP contribution is -2.58. The first kappa shape index (κ1) is 38.8. The van der Waals surface area contributed by atoms with Crippen molar-refractivity contribution in [1.29, 1.82) is 0 Å². The van der Waals surface area contributed by atoms with Gasteiger partial charge in [0.2, 0.25) is 0 Å². The Morgan fingerprint density at radius 2 is 1.65 bits per heavy atom. The van der Waals surface area contributed by atoms with Gasteiger partial charge >= 0.3 is 11.9 Å². The van der Waals surface area contributed by atoms with Gasteiger partial charge in [0.1, 0.15) is 30.5 Å². The van der Waals surface area contributed by atoms with Crippen molar-refractivity contribution in [3.63, 3.8) is 0 Å². The minimum absolute atomic E-state index is 0.0244. The highest BCUT2D eigenvalue weighted by Crippen LogP contribution is 2.87. The SMILES string of the molecule is CC(=O)O[C@H](C[C@@H](C)[C@H]1C(=O)[C@H](O)[C@@]2(C)C3=CC[C@H]4C(C)(C)[C@@H](O[C@@H]5OC[C@@H](O)[C@H](O)[C@H]5O)CC[C@@]45C[C@@]35CC[C@]12C)[C@H](OC(C)=O)C(C)(C)O. The van der Waals surface area contributed by atoms with Gasteiger partial charge in [0.15, 0.2) is 18.2 Å². The standard InChI is InChI=1S/C39H60O12/c1-19(16-23(49-20(2)40)32(35(6,7)47)50-21(3)41)27-29(44)31(46)37(9)25-11-10-24-34(4,5)26(51-33-30(45)28(43)22(42)17-48-33)12-13-38(24)18-39(25,38)15-14-36(27,37)8/h11,19,22-24,26-28,30-33,42-43,45-47H,10,12-18H2,1-9H3/t19-,22-,23-,24+,26+,27+,28+,30-,31+,32+,33+,36-,37-,38-,39+/m1/s1. The van der Waals surface area contributed by atoms with E-state index in [1.54, 1.807) is 0 Å². The Kier molecular flexibility index (Phi) is 9.55. The van der Waals surface area contributed by atoms with Crippen LogP contribution < -0.4 is 0 Å². The number of hydrogen-bond acceptors (Lipinski definition) is 12. The Morgan fingerprint density at radius 3 is 2.25 bits per heavy atom. The molecule has 4 saturated carbocycles. The first-order valence-corrected chi connectivity index (χ1v) is 18.8. The number of ketones is 1. The highest BCUT2D eigenvalue weighted by atomic mass is 16.7. The van der Waals surface area contributed by atoms with Gasteiger partial charge in [-0.3, -0.25) is 14.4 Å². The molecule has 0 radical (unpaired) electrons. The van der Waals surface area contributed by atoms with Gasteiger partial charge in [-0.1, -0.05) is 46.3 Å². The maximum atomic E-state index is 14.3. The van der Waals surface area contributed by atoms with E-state index in [1.165, 1.54) is 33.3 Å². The highest BCUT2D eigenvalue weighted by Gasteiger charge is 2.82. The van der Waals surface area contributed by atoms with Crippen LogP contribution in [0.25, 0.3) is 0 Å². The number of hydrogen-bond donors (Lipinski definition) is 5. The maximum Gasteiger partial charge on any atom is 0.303 e. The summed E-state index contributed by atoms with van der Waals surface area (Å²) in [6, 6.07) is 0. The van der Waals surface area contributed by atoms with Crippen LogP contribution in [-0.4, -0.2) is 104 Å². The molecule has 0 amide bonds. The van der Waals surface area contributed by atoms with Crippen LogP contribution >= 0.6 is 0 Å². The third-order valence-corrected chi connectivity index (χ3v) is 15.0. The van der Waals surface area contributed by atoms with Gasteiger partial charge in [0.25, 0.3) is 0 Å². The fraction of sp³-hybridized carbons (Fsp3) is 0.872. The van der Waals surface area contributed by atoms with Crippen LogP contribution in [0.4, 0.5) is 0 Å². The number of fused-ring (bicyclic) bond motifs is 2. The third kappa shape index (κ3) is 5.59. The van der Waals surface area contributed by atoms with E-state index in [0.29, 0.717) is 6.42 Å². The molecule has 0 aromatic carbocycles. The summed E-state index contributed by atoms with van der Waals surface area (Å²) in [6.07, 6.45) is -1.20. The Bertz CT molecular complexity index is 1450. The van der Waals surface area contributed by atoms with E-state index in [2.05, 4.69) is 33.8 Å². The number of carbonyl (C=O) groups excluding carboxylic acids is 3. The number of ether oxygens (including phenoxy) is 4. The van der Waals surface area contributed by atoms with Gasteiger partial charge in [-0.05, 0) is 92.3 Å². The largest absolute Gasteiger partial charge is 0.458 e. The van der Waals surface area contributed by atoms with E-state index in [1.807, 2.05) is 6.92 Å². The van der Waals surface area contributed by atoms with Crippen molar-refractivity contribution in [1.82, 2.24) is 0 Å². The van der Waals surface area contributed by atoms with Crippen molar-refractivity contribution in [2.24, 2.45) is 44.8 Å². The Morgan fingerprint density at radius 1 is 1.00 bits per heavy atom. The third-order valence-electron chi connectivity index (χ3n) is 15.0. The molecule has 6 rings (SSSR count). The van der Waals surface area contributed by atoms with Crippen molar-refractivity contribution >= 4 is 17.7 Å². The molecule has 15 atom stereocenters. The van der Waals surface area contributed by atoms with E-state index in [4.69, 9.17) is 18.9 Å². The fourth-order valence-corrected chi connectivity index (χ4v) is 12.4. The molecular weight excluding hydrogens is 660 g/mol. The molecule has 51 heavy (non-hydrogen) atoms. The second kappa shape index (κ2) is 12.6. The Balaban J connectivity index is 1.28. The van der Waals surface area contributed by atoms with Crippen LogP contribution in [0, 0.1) is 44.8 Å². The molecule has 1 heterocycles. The second-order valence-electron chi connectivity index (χ2n) is 18.5. The molecule has 12 heteroatoms. The summed E-state index contributed by atoms with van der Waals surface area (Å²) in [5.74, 6) is -2.16. The molecule has 6 aliphatic rings. The lowest BCUT2D eigenvalue weighted by atomic mass is 9.44. The maximum absolute atomic E-state index is 14.3. The number of Topliss-reactive ketones (excluding diaryl/α,β-unsaturated/α-hetero) is 1. The number of aliphatic hydroxyl groups excluding tert-OH is 4. The van der Waals surface area contributed by atoms with Crippen molar-refractivity contribution in [2.45, 2.75) is 162 Å². The molecular formula is C39H60O12. The van der Waals surface area contributed by atoms with Crippen LogP contribution in [0.1, 0.15) is 107 Å². The van der Waals surface area contributed by atoms with Crippen molar-refractivity contribution < 1.29 is 58.9 Å². The summed E-state index contributed by atoms with van der Waals surface area (Å²) in [5.41, 5.74) is -2.29. The first-order valence-electron chi connectivity index (χ1n) is 18.8. The summed E-state index contributed by atoms with van der Waals surface area (Å²) >= 11 is 0. The molecule has 0 unspecified atom stereocenters. The Hall–Kier alpha value is -1.93. The zero-order valence-electron chi connectivity index (χ0n) is 31.7. The van der Waals surface area contributed by atoms with E-state index in [-0.39, 0.29) is 53.0 Å². The van der Waals surface area contributed by atoms with Gasteiger partial charge in [-0.25, -0.2) is 0 Å². The van der Waals surface area contributed by atoms with Gasteiger partial charge < -0.3 is 44.5 Å². The van der Waals surface area contributed by atoms with E-state index in [9.17, 15) is 39.9 Å². The van der Waals surface area contributed by atoms with Gasteiger partial charge in [0, 0.05) is 25.2 Å². The fourth-order valence-electron chi connectivity index (χ4n) is 12.4. The molecule has 5 N–H and O–H groups in total. The molecule has 5 fully saturated rings. The molecule has 5 aliphatic carbocycles. The number of rotatable bonds is 9. The Labute approximate surface area is 301 Å². The number of esters is 2. The van der Waals surface area contributed by atoms with Crippen molar-refractivity contribution in [2.75, 3.05) is 6.61 Å². The van der Waals surface area contributed by atoms with Crippen LogP contribution in [-0.2, 0) is 33.3 Å². The molecule has 1 saturated heterocycles. The van der Waals surface area contributed by atoms with E-state index >= 15 is 0 Å². The second-order valence-corrected chi connectivity index (χ2v) is 18.5. The van der Waals surface area contributed by atoms with Gasteiger partial charge in [-0.15, -0.1) is 0 Å². The highest BCUT2D eigenvalue weighted by molar-refractivity contribution is 5.91. The quantitative estimate of drug-likeness (QED) is 0.173. The predicted octanol–water partition coefficient (Wildman–Crippen LogP) is 2.98. The van der Waals surface area contributed by atoms with Crippen LogP contribution in [0.5, 0.6) is 0 Å². The molecule has 12 nitrogen and oxygen atoms in total. The van der Waals surface area contributed by atoms with Crippen LogP contribution in [0.15, 0.2) is 11.6 Å². The molecule has 288 valence electrons. The predicted molar refractivity (Wildman–Crippen MR) is 182 cm³/mol. The van der Waals surface area contributed by atoms with Crippen LogP contribution in [0.2, 0.25) is 0 Å². The number of allylic oxidation sites excluding steroid dienone is 1. The van der Waals surface area contributed by atoms with E-state index < -0.39 is 77.2 Å². The number of carbonyl (C=O) groups is 3. The zero-order chi connectivity index (χ0) is 37.9. The smallest absolute Gasteiger partial charge is 0.303 e. The van der Waals surface area contributed by atoms with Crippen molar-refractivity contribution in [3.8, 4) is 0 Å². The number of aliphatic hydroxyl groups is 5. The lowest BCUT2D eigenvalue weighted by Gasteiger charge is -2.60. The summed E-state index contributed by atoms with van der Waals surface area (Å²) in [4.78, 5) is 38.6. The molecule has 1 aliphatic heterocycles. The lowest BCUT2D eigenvalue weighted by molar-refractivity contribution is -0.300. The van der Waals surface area contributed by atoms with Crippen molar-refractivity contribution in [3.05, 3.63) is 11.6 Å². The summed E-state index contributed by atoms with van der Waals surface area (Å²) in [7, 11) is 0. The molecule has 0 aromatic rings. The summed E-state index contributed by atoms with van der Waals surface area (Å²) in [6.45, 7) is 15.8. The molecule has 0 bridgehead atoms. The molecule has 2 spiro atoms. The average Bonchev–Trinajstić information content (AvgIpc) is 3.66. The average molecular weight is 721 g/mol. The minimum Gasteiger partial charge on any atom is -0.458 e. The summed E-state index contributed by atoms with van der Waals surface area (Å²) < 4.78 is 23.2.